The van der Waals surface area contributed by atoms with Crippen LogP contribution in [-0.4, -0.2) is 29.9 Å². The molecular weight excluding hydrogens is 244 g/mol. The van der Waals surface area contributed by atoms with Crippen LogP contribution in [0.1, 0.15) is 41.4 Å². The van der Waals surface area contributed by atoms with Gasteiger partial charge in [0.2, 0.25) is 0 Å². The van der Waals surface area contributed by atoms with Gasteiger partial charge < -0.3 is 10.6 Å². The smallest absolute Gasteiger partial charge is 0.264 e. The number of hydrogen-bond donors (Lipinski definition) is 1. The molecule has 2 N–H and O–H groups in total. The molecule has 0 saturated heterocycles. The van der Waals surface area contributed by atoms with Crippen molar-refractivity contribution in [2.24, 2.45) is 11.7 Å². The Morgan fingerprint density at radius 1 is 1.56 bits per heavy atom. The van der Waals surface area contributed by atoms with Gasteiger partial charge in [-0.1, -0.05) is 6.42 Å². The lowest BCUT2D eigenvalue weighted by Crippen LogP contribution is -2.44. The van der Waals surface area contributed by atoms with Crippen LogP contribution in [0.5, 0.6) is 0 Å². The quantitative estimate of drug-likeness (QED) is 0.910. The second-order valence-electron chi connectivity index (χ2n) is 5.02. The van der Waals surface area contributed by atoms with Crippen molar-refractivity contribution in [1.29, 1.82) is 0 Å². The van der Waals surface area contributed by atoms with E-state index in [4.69, 9.17) is 5.73 Å². The molecule has 1 heterocycles. The van der Waals surface area contributed by atoms with E-state index in [-0.39, 0.29) is 5.91 Å². The van der Waals surface area contributed by atoms with E-state index < -0.39 is 0 Å². The Hall–Kier alpha value is -0.870. The second kappa shape index (κ2) is 5.85. The molecule has 2 unspecified atom stereocenters. The van der Waals surface area contributed by atoms with Gasteiger partial charge in [-0.05, 0) is 56.2 Å². The van der Waals surface area contributed by atoms with Crippen molar-refractivity contribution in [2.75, 3.05) is 13.1 Å². The molecule has 4 heteroatoms. The molecule has 1 aromatic rings. The van der Waals surface area contributed by atoms with Crippen LogP contribution in [-0.2, 0) is 0 Å². The summed E-state index contributed by atoms with van der Waals surface area (Å²) >= 11 is 1.55. The molecule has 1 aliphatic carbocycles. The minimum absolute atomic E-state index is 0.190. The standard InChI is InChI=1S/C14H22N2OS/c1-3-16(12-6-4-5-11(12)9-15)14(17)13-10(2)7-8-18-13/h7-8,11-12H,3-6,9,15H2,1-2H3. The molecule has 1 fully saturated rings. The average Bonchev–Trinajstić information content (AvgIpc) is 2.98. The number of nitrogens with zero attached hydrogens (tertiary/aromatic N) is 1. The summed E-state index contributed by atoms with van der Waals surface area (Å²) in [5.74, 6) is 0.671. The Balaban J connectivity index is 2.18. The van der Waals surface area contributed by atoms with Gasteiger partial charge in [0.1, 0.15) is 0 Å². The fourth-order valence-electron chi connectivity index (χ4n) is 2.95. The summed E-state index contributed by atoms with van der Waals surface area (Å²) in [5, 5.41) is 1.99. The number of carbonyl (C=O) groups excluding carboxylic acids is 1. The van der Waals surface area contributed by atoms with Crippen LogP contribution in [0.25, 0.3) is 0 Å². The molecule has 1 amide bonds. The van der Waals surface area contributed by atoms with Crippen molar-refractivity contribution in [3.05, 3.63) is 21.9 Å². The number of thiophene rings is 1. The number of hydrogen-bond acceptors (Lipinski definition) is 3. The van der Waals surface area contributed by atoms with Crippen molar-refractivity contribution in [3.8, 4) is 0 Å². The molecule has 18 heavy (non-hydrogen) atoms. The summed E-state index contributed by atoms with van der Waals surface area (Å²) in [6.45, 7) is 5.54. The van der Waals surface area contributed by atoms with Gasteiger partial charge in [0.05, 0.1) is 4.88 Å². The summed E-state index contributed by atoms with van der Waals surface area (Å²) in [4.78, 5) is 15.5. The summed E-state index contributed by atoms with van der Waals surface area (Å²) in [6.07, 6.45) is 3.46. The Morgan fingerprint density at radius 2 is 2.33 bits per heavy atom. The van der Waals surface area contributed by atoms with Gasteiger partial charge in [0.15, 0.2) is 0 Å². The van der Waals surface area contributed by atoms with Gasteiger partial charge in [-0.2, -0.15) is 0 Å². The van der Waals surface area contributed by atoms with Gasteiger partial charge in [0.25, 0.3) is 5.91 Å². The number of rotatable bonds is 4. The summed E-state index contributed by atoms with van der Waals surface area (Å²) in [7, 11) is 0. The first-order chi connectivity index (χ1) is 8.69. The lowest BCUT2D eigenvalue weighted by atomic mass is 10.0. The maximum atomic E-state index is 12.6. The maximum absolute atomic E-state index is 12.6. The predicted molar refractivity (Wildman–Crippen MR) is 75.9 cm³/mol. The van der Waals surface area contributed by atoms with E-state index in [9.17, 15) is 4.79 Å². The number of amides is 1. The molecule has 2 rings (SSSR count). The van der Waals surface area contributed by atoms with Crippen molar-refractivity contribution in [3.63, 3.8) is 0 Å². The fraction of sp³-hybridized carbons (Fsp3) is 0.643. The van der Waals surface area contributed by atoms with E-state index in [1.54, 1.807) is 11.3 Å². The normalized spacial score (nSPS) is 23.3. The molecule has 1 saturated carbocycles. The van der Waals surface area contributed by atoms with Crippen LogP contribution in [0.4, 0.5) is 0 Å². The van der Waals surface area contributed by atoms with E-state index in [0.717, 1.165) is 29.8 Å². The summed E-state index contributed by atoms with van der Waals surface area (Å²) < 4.78 is 0. The average molecular weight is 266 g/mol. The molecule has 1 aromatic heterocycles. The van der Waals surface area contributed by atoms with E-state index >= 15 is 0 Å². The van der Waals surface area contributed by atoms with Crippen LogP contribution in [0.3, 0.4) is 0 Å². The third kappa shape index (κ3) is 2.45. The van der Waals surface area contributed by atoms with Crippen LogP contribution < -0.4 is 5.73 Å². The third-order valence-electron chi connectivity index (χ3n) is 3.98. The second-order valence-corrected chi connectivity index (χ2v) is 5.93. The topological polar surface area (TPSA) is 46.3 Å². The van der Waals surface area contributed by atoms with Gasteiger partial charge in [-0.3, -0.25) is 4.79 Å². The lowest BCUT2D eigenvalue weighted by Gasteiger charge is -2.31. The molecular formula is C14H22N2OS. The molecule has 1 aliphatic rings. The summed E-state index contributed by atoms with van der Waals surface area (Å²) in [6, 6.07) is 2.36. The third-order valence-corrected chi connectivity index (χ3v) is 4.98. The van der Waals surface area contributed by atoms with Crippen LogP contribution in [0.15, 0.2) is 11.4 Å². The number of carbonyl (C=O) groups is 1. The molecule has 100 valence electrons. The lowest BCUT2D eigenvalue weighted by molar-refractivity contribution is 0.0656. The van der Waals surface area contributed by atoms with E-state index in [0.29, 0.717) is 18.5 Å². The first kappa shape index (κ1) is 13.6. The Kier molecular flexibility index (Phi) is 4.40. The first-order valence-corrected chi connectivity index (χ1v) is 7.62. The van der Waals surface area contributed by atoms with Crippen molar-refractivity contribution in [2.45, 2.75) is 39.2 Å². The monoisotopic (exact) mass is 266 g/mol. The van der Waals surface area contributed by atoms with E-state index in [1.807, 2.05) is 23.3 Å². The van der Waals surface area contributed by atoms with Gasteiger partial charge in [-0.25, -0.2) is 0 Å². The van der Waals surface area contributed by atoms with Crippen molar-refractivity contribution in [1.82, 2.24) is 4.90 Å². The van der Waals surface area contributed by atoms with Crippen molar-refractivity contribution < 1.29 is 4.79 Å². The first-order valence-electron chi connectivity index (χ1n) is 6.74. The largest absolute Gasteiger partial charge is 0.335 e. The Morgan fingerprint density at radius 3 is 2.89 bits per heavy atom. The zero-order chi connectivity index (χ0) is 13.1. The fourth-order valence-corrected chi connectivity index (χ4v) is 3.83. The molecule has 0 radical (unpaired) electrons. The predicted octanol–water partition coefficient (Wildman–Crippen LogP) is 2.65. The highest BCUT2D eigenvalue weighted by molar-refractivity contribution is 7.12. The van der Waals surface area contributed by atoms with E-state index in [1.165, 1.54) is 6.42 Å². The molecule has 3 nitrogen and oxygen atoms in total. The van der Waals surface area contributed by atoms with Crippen LogP contribution in [0, 0.1) is 12.8 Å². The molecule has 0 spiro atoms. The summed E-state index contributed by atoms with van der Waals surface area (Å²) in [5.41, 5.74) is 6.92. The number of nitrogens with two attached hydrogens (primary N) is 1. The van der Waals surface area contributed by atoms with Gasteiger partial charge >= 0.3 is 0 Å². The SMILES string of the molecule is CCN(C(=O)c1sccc1C)C1CCCC1CN. The Labute approximate surface area is 113 Å². The highest BCUT2D eigenvalue weighted by Gasteiger charge is 2.34. The molecule has 0 bridgehead atoms. The molecule has 0 aromatic carbocycles. The zero-order valence-electron chi connectivity index (χ0n) is 11.2. The van der Waals surface area contributed by atoms with Crippen LogP contribution >= 0.6 is 11.3 Å². The molecule has 2 atom stereocenters. The minimum atomic E-state index is 0.190. The minimum Gasteiger partial charge on any atom is -0.335 e. The van der Waals surface area contributed by atoms with Gasteiger partial charge in [0, 0.05) is 12.6 Å². The number of aryl methyl sites for hydroxylation is 1. The van der Waals surface area contributed by atoms with E-state index in [2.05, 4.69) is 6.92 Å². The Bertz CT molecular complexity index is 416. The van der Waals surface area contributed by atoms with Crippen LogP contribution in [0.2, 0.25) is 0 Å². The highest BCUT2D eigenvalue weighted by Crippen LogP contribution is 2.31. The van der Waals surface area contributed by atoms with Crippen molar-refractivity contribution >= 4 is 17.2 Å². The van der Waals surface area contributed by atoms with Gasteiger partial charge in [-0.15, -0.1) is 11.3 Å². The maximum Gasteiger partial charge on any atom is 0.264 e. The zero-order valence-corrected chi connectivity index (χ0v) is 12.0. The highest BCUT2D eigenvalue weighted by atomic mass is 32.1. The molecule has 0 aliphatic heterocycles.